The number of anilines is 2. The van der Waals surface area contributed by atoms with Gasteiger partial charge in [-0.2, -0.15) is 0 Å². The summed E-state index contributed by atoms with van der Waals surface area (Å²) >= 11 is 5.81. The van der Waals surface area contributed by atoms with E-state index < -0.39 is 0 Å². The third-order valence-corrected chi connectivity index (χ3v) is 5.54. The molecule has 1 aliphatic heterocycles. The summed E-state index contributed by atoms with van der Waals surface area (Å²) in [6, 6.07) is 16.7. The maximum atomic E-state index is 12.7. The van der Waals surface area contributed by atoms with Crippen LogP contribution in [0.2, 0.25) is 5.15 Å². The SMILES string of the molecule is Cc1ccc(NC(=O)Nc2cccc3c2CCN(C(=O)Cc2ccc(Cl)nc2)C3)cc1. The normalized spacial score (nSPS) is 12.8. The van der Waals surface area contributed by atoms with Crippen molar-refractivity contribution in [2.45, 2.75) is 26.3 Å². The van der Waals surface area contributed by atoms with Crippen molar-refractivity contribution in [3.63, 3.8) is 0 Å². The molecular weight excluding hydrogens is 412 g/mol. The molecule has 0 radical (unpaired) electrons. The number of carbonyl (C=O) groups excluding carboxylic acids is 2. The lowest BCUT2D eigenvalue weighted by molar-refractivity contribution is -0.131. The van der Waals surface area contributed by atoms with Gasteiger partial charge in [-0.05, 0) is 54.3 Å². The Morgan fingerprint density at radius 3 is 2.61 bits per heavy atom. The molecule has 3 aromatic rings. The second-order valence-electron chi connectivity index (χ2n) is 7.62. The van der Waals surface area contributed by atoms with Crippen LogP contribution in [0.1, 0.15) is 22.3 Å². The number of halogens is 1. The molecule has 2 heterocycles. The quantitative estimate of drug-likeness (QED) is 0.578. The first-order valence-electron chi connectivity index (χ1n) is 10.1. The molecule has 1 aliphatic rings. The highest BCUT2D eigenvalue weighted by Crippen LogP contribution is 2.27. The summed E-state index contributed by atoms with van der Waals surface area (Å²) in [6.45, 7) is 3.12. The fraction of sp³-hybridized carbons (Fsp3) is 0.208. The predicted octanol–water partition coefficient (Wildman–Crippen LogP) is 4.81. The Balaban J connectivity index is 1.40. The van der Waals surface area contributed by atoms with E-state index in [-0.39, 0.29) is 18.4 Å². The summed E-state index contributed by atoms with van der Waals surface area (Å²) in [5, 5.41) is 6.21. The fourth-order valence-electron chi connectivity index (χ4n) is 3.66. The van der Waals surface area contributed by atoms with Crippen LogP contribution in [0.3, 0.4) is 0 Å². The first-order valence-corrected chi connectivity index (χ1v) is 10.5. The minimum atomic E-state index is -0.286. The Labute approximate surface area is 186 Å². The molecule has 7 heteroatoms. The van der Waals surface area contributed by atoms with E-state index in [9.17, 15) is 9.59 Å². The minimum Gasteiger partial charge on any atom is -0.338 e. The number of pyridine rings is 1. The van der Waals surface area contributed by atoms with Crippen LogP contribution >= 0.6 is 11.6 Å². The van der Waals surface area contributed by atoms with Gasteiger partial charge in [0.2, 0.25) is 5.91 Å². The van der Waals surface area contributed by atoms with Crippen molar-refractivity contribution in [3.8, 4) is 0 Å². The molecule has 6 nitrogen and oxygen atoms in total. The fourth-order valence-corrected chi connectivity index (χ4v) is 3.77. The summed E-state index contributed by atoms with van der Waals surface area (Å²) in [6.07, 6.45) is 2.60. The number of benzene rings is 2. The first-order chi connectivity index (χ1) is 15.0. The smallest absolute Gasteiger partial charge is 0.323 e. The van der Waals surface area contributed by atoms with Gasteiger partial charge in [-0.25, -0.2) is 9.78 Å². The van der Waals surface area contributed by atoms with E-state index in [0.29, 0.717) is 24.7 Å². The zero-order valence-corrected chi connectivity index (χ0v) is 17.9. The van der Waals surface area contributed by atoms with Gasteiger partial charge in [-0.15, -0.1) is 0 Å². The second-order valence-corrected chi connectivity index (χ2v) is 8.01. The number of hydrogen-bond acceptors (Lipinski definition) is 3. The molecule has 0 fully saturated rings. The molecular formula is C24H23ClN4O2. The van der Waals surface area contributed by atoms with E-state index in [1.807, 2.05) is 60.4 Å². The van der Waals surface area contributed by atoms with Crippen molar-refractivity contribution in [3.05, 3.63) is 88.2 Å². The third-order valence-electron chi connectivity index (χ3n) is 5.32. The number of aromatic nitrogens is 1. The number of nitrogens with zero attached hydrogens (tertiary/aromatic N) is 2. The molecule has 0 aliphatic carbocycles. The monoisotopic (exact) mass is 434 g/mol. The lowest BCUT2D eigenvalue weighted by Gasteiger charge is -2.30. The summed E-state index contributed by atoms with van der Waals surface area (Å²) in [4.78, 5) is 31.1. The molecule has 1 aromatic heterocycles. The van der Waals surface area contributed by atoms with Gasteiger partial charge in [0.15, 0.2) is 0 Å². The highest BCUT2D eigenvalue weighted by molar-refractivity contribution is 6.29. The molecule has 0 saturated carbocycles. The van der Waals surface area contributed by atoms with Crippen LogP contribution in [0.4, 0.5) is 16.2 Å². The minimum absolute atomic E-state index is 0.0465. The number of carbonyl (C=O) groups is 2. The van der Waals surface area contributed by atoms with Crippen LogP contribution in [-0.2, 0) is 24.2 Å². The number of rotatable bonds is 4. The van der Waals surface area contributed by atoms with E-state index >= 15 is 0 Å². The lowest BCUT2D eigenvalue weighted by Crippen LogP contribution is -2.37. The molecule has 4 rings (SSSR count). The standard InChI is InChI=1S/C24H23ClN4O2/c1-16-5-8-19(9-6-16)27-24(31)28-21-4-2-3-18-15-29(12-11-20(18)21)23(30)13-17-7-10-22(25)26-14-17/h2-10,14H,11-13,15H2,1H3,(H2,27,28,31). The van der Waals surface area contributed by atoms with Gasteiger partial charge in [0.1, 0.15) is 5.15 Å². The van der Waals surface area contributed by atoms with Crippen molar-refractivity contribution in [1.82, 2.24) is 9.88 Å². The second kappa shape index (κ2) is 9.18. The number of nitrogens with one attached hydrogen (secondary N) is 2. The summed E-state index contributed by atoms with van der Waals surface area (Å²) in [7, 11) is 0. The zero-order chi connectivity index (χ0) is 21.8. The maximum absolute atomic E-state index is 12.7. The predicted molar refractivity (Wildman–Crippen MR) is 122 cm³/mol. The topological polar surface area (TPSA) is 74.3 Å². The van der Waals surface area contributed by atoms with E-state index in [2.05, 4.69) is 15.6 Å². The van der Waals surface area contributed by atoms with Gasteiger partial charge in [0.05, 0.1) is 6.42 Å². The van der Waals surface area contributed by atoms with Crippen molar-refractivity contribution < 1.29 is 9.59 Å². The van der Waals surface area contributed by atoms with Gasteiger partial charge >= 0.3 is 6.03 Å². The number of aryl methyl sites for hydroxylation is 1. The highest BCUT2D eigenvalue weighted by atomic mass is 35.5. The van der Waals surface area contributed by atoms with Crippen molar-refractivity contribution >= 4 is 34.9 Å². The molecule has 0 spiro atoms. The van der Waals surface area contributed by atoms with Crippen molar-refractivity contribution in [1.29, 1.82) is 0 Å². The first kappa shape index (κ1) is 20.9. The van der Waals surface area contributed by atoms with Crippen molar-refractivity contribution in [2.24, 2.45) is 0 Å². The Bertz CT molecular complexity index is 1100. The average Bonchev–Trinajstić information content (AvgIpc) is 2.77. The van der Waals surface area contributed by atoms with Gasteiger partial charge in [0, 0.05) is 30.7 Å². The highest BCUT2D eigenvalue weighted by Gasteiger charge is 2.23. The summed E-state index contributed by atoms with van der Waals surface area (Å²) in [5.41, 5.74) is 5.59. The van der Waals surface area contributed by atoms with Crippen molar-refractivity contribution in [2.75, 3.05) is 17.2 Å². The Kier molecular flexibility index (Phi) is 6.18. The summed E-state index contributed by atoms with van der Waals surface area (Å²) in [5.74, 6) is 0.0465. The maximum Gasteiger partial charge on any atom is 0.323 e. The van der Waals surface area contributed by atoms with E-state index in [1.54, 1.807) is 12.3 Å². The molecule has 0 atom stereocenters. The Hall–Kier alpha value is -3.38. The van der Waals surface area contributed by atoms with Gasteiger partial charge in [-0.3, -0.25) is 4.79 Å². The van der Waals surface area contributed by atoms with Crippen LogP contribution in [0.25, 0.3) is 0 Å². The average molecular weight is 435 g/mol. The van der Waals surface area contributed by atoms with Crippen LogP contribution in [0.5, 0.6) is 0 Å². The van der Waals surface area contributed by atoms with Gasteiger partial charge < -0.3 is 15.5 Å². The zero-order valence-electron chi connectivity index (χ0n) is 17.2. The van der Waals surface area contributed by atoms with E-state index in [1.165, 1.54) is 0 Å². The van der Waals surface area contributed by atoms with Crippen LogP contribution in [-0.4, -0.2) is 28.4 Å². The van der Waals surface area contributed by atoms with E-state index in [4.69, 9.17) is 11.6 Å². The number of hydrogen-bond donors (Lipinski definition) is 2. The molecule has 0 bridgehead atoms. The number of urea groups is 1. The van der Waals surface area contributed by atoms with Crippen LogP contribution in [0, 0.1) is 6.92 Å². The van der Waals surface area contributed by atoms with Crippen LogP contribution < -0.4 is 10.6 Å². The summed E-state index contributed by atoms with van der Waals surface area (Å²) < 4.78 is 0. The Morgan fingerprint density at radius 2 is 1.87 bits per heavy atom. The molecule has 0 unspecified atom stereocenters. The molecule has 2 aromatic carbocycles. The van der Waals surface area contributed by atoms with E-state index in [0.717, 1.165) is 33.6 Å². The van der Waals surface area contributed by atoms with Gasteiger partial charge in [0.25, 0.3) is 0 Å². The third kappa shape index (κ3) is 5.22. The van der Waals surface area contributed by atoms with Gasteiger partial charge in [-0.1, -0.05) is 47.5 Å². The lowest BCUT2D eigenvalue weighted by atomic mass is 9.97. The largest absolute Gasteiger partial charge is 0.338 e. The molecule has 31 heavy (non-hydrogen) atoms. The Morgan fingerprint density at radius 1 is 1.06 bits per heavy atom. The number of amides is 3. The molecule has 3 amide bonds. The molecule has 2 N–H and O–H groups in total. The number of fused-ring (bicyclic) bond motifs is 1. The molecule has 158 valence electrons. The van der Waals surface area contributed by atoms with Crippen LogP contribution in [0.15, 0.2) is 60.8 Å². The molecule has 0 saturated heterocycles.